The fourth-order valence-electron chi connectivity index (χ4n) is 1.21. The minimum absolute atomic E-state index is 0.0489. The summed E-state index contributed by atoms with van der Waals surface area (Å²) in [5.74, 6) is 0. The number of hydrogen-bond acceptors (Lipinski definition) is 5. The predicted molar refractivity (Wildman–Crippen MR) is 69.8 cm³/mol. The Balaban J connectivity index is 3.40. The molecule has 110 valence electrons. The molecule has 0 fully saturated rings. The molecule has 0 heterocycles. The maximum absolute atomic E-state index is 9.10. The van der Waals surface area contributed by atoms with Crippen molar-refractivity contribution in [3.05, 3.63) is 0 Å². The Labute approximate surface area is 110 Å². The summed E-state index contributed by atoms with van der Waals surface area (Å²) in [6.45, 7) is 10.3. The van der Waals surface area contributed by atoms with Crippen molar-refractivity contribution in [1.29, 1.82) is 0 Å². The molecule has 0 saturated heterocycles. The van der Waals surface area contributed by atoms with E-state index in [-0.39, 0.29) is 24.9 Å². The van der Waals surface area contributed by atoms with Crippen molar-refractivity contribution >= 4 is 0 Å². The lowest BCUT2D eigenvalue weighted by molar-refractivity contribution is -0.0729. The number of ether oxygens (including phenoxy) is 4. The average molecular weight is 264 g/mol. The molecule has 0 aromatic carbocycles. The molecular formula is C13H28O5. The van der Waals surface area contributed by atoms with E-state index in [1.54, 1.807) is 0 Å². The first-order valence-corrected chi connectivity index (χ1v) is 6.59. The van der Waals surface area contributed by atoms with Gasteiger partial charge in [0.2, 0.25) is 0 Å². The summed E-state index contributed by atoms with van der Waals surface area (Å²) in [4.78, 5) is 0. The number of hydrogen-bond donors (Lipinski definition) is 1. The van der Waals surface area contributed by atoms with E-state index in [0.717, 1.165) is 0 Å². The fraction of sp³-hybridized carbons (Fsp3) is 1.00. The second-order valence-corrected chi connectivity index (χ2v) is 4.59. The molecule has 0 saturated carbocycles. The van der Waals surface area contributed by atoms with Crippen molar-refractivity contribution in [3.63, 3.8) is 0 Å². The molecule has 1 atom stereocenters. The third-order valence-corrected chi connectivity index (χ3v) is 2.07. The van der Waals surface area contributed by atoms with E-state index < -0.39 is 0 Å². The molecule has 0 amide bonds. The zero-order chi connectivity index (χ0) is 13.8. The van der Waals surface area contributed by atoms with Crippen LogP contribution in [0.4, 0.5) is 0 Å². The summed E-state index contributed by atoms with van der Waals surface area (Å²) in [7, 11) is 0. The Bertz CT molecular complexity index is 173. The van der Waals surface area contributed by atoms with Crippen molar-refractivity contribution in [2.75, 3.05) is 39.6 Å². The molecule has 1 unspecified atom stereocenters. The van der Waals surface area contributed by atoms with Crippen LogP contribution in [0.15, 0.2) is 0 Å². The van der Waals surface area contributed by atoms with Gasteiger partial charge < -0.3 is 24.1 Å². The minimum atomic E-state index is -0.292. The minimum Gasteiger partial charge on any atom is -0.394 e. The van der Waals surface area contributed by atoms with E-state index in [4.69, 9.17) is 24.1 Å². The topological polar surface area (TPSA) is 57.2 Å². The van der Waals surface area contributed by atoms with Gasteiger partial charge in [0.15, 0.2) is 0 Å². The molecule has 0 aliphatic heterocycles. The van der Waals surface area contributed by atoms with Crippen LogP contribution >= 0.6 is 0 Å². The van der Waals surface area contributed by atoms with Gasteiger partial charge in [0.1, 0.15) is 6.10 Å². The van der Waals surface area contributed by atoms with Crippen LogP contribution in [-0.4, -0.2) is 63.1 Å². The predicted octanol–water partition coefficient (Wildman–Crippen LogP) is 1.23. The van der Waals surface area contributed by atoms with E-state index >= 15 is 0 Å². The smallest absolute Gasteiger partial charge is 0.104 e. The van der Waals surface area contributed by atoms with Crippen LogP contribution in [-0.2, 0) is 18.9 Å². The lowest BCUT2D eigenvalue weighted by Crippen LogP contribution is -2.27. The Morgan fingerprint density at radius 1 is 0.778 bits per heavy atom. The first-order valence-electron chi connectivity index (χ1n) is 6.59. The molecule has 0 rings (SSSR count). The zero-order valence-corrected chi connectivity index (χ0v) is 12.1. The summed E-state index contributed by atoms with van der Waals surface area (Å²) in [6.07, 6.45) is 0.122. The molecule has 0 aliphatic rings. The second kappa shape index (κ2) is 11.9. The summed E-state index contributed by atoms with van der Waals surface area (Å²) in [5, 5.41) is 9.10. The van der Waals surface area contributed by atoms with Crippen LogP contribution in [0.1, 0.15) is 27.7 Å². The highest BCUT2D eigenvalue weighted by atomic mass is 16.6. The monoisotopic (exact) mass is 264 g/mol. The summed E-state index contributed by atoms with van der Waals surface area (Å²) < 4.78 is 21.5. The molecule has 0 aliphatic carbocycles. The molecule has 0 aromatic heterocycles. The van der Waals surface area contributed by atoms with E-state index in [2.05, 4.69) is 0 Å². The van der Waals surface area contributed by atoms with Crippen molar-refractivity contribution in [2.45, 2.75) is 46.0 Å². The lowest BCUT2D eigenvalue weighted by atomic mass is 10.4. The van der Waals surface area contributed by atoms with Crippen LogP contribution in [0.3, 0.4) is 0 Å². The highest BCUT2D eigenvalue weighted by Crippen LogP contribution is 1.95. The van der Waals surface area contributed by atoms with Crippen LogP contribution in [0.5, 0.6) is 0 Å². The van der Waals surface area contributed by atoms with E-state index in [1.807, 2.05) is 27.7 Å². The van der Waals surface area contributed by atoms with Gasteiger partial charge in [-0.05, 0) is 27.7 Å². The maximum Gasteiger partial charge on any atom is 0.104 e. The molecule has 0 bridgehead atoms. The molecule has 5 nitrogen and oxygen atoms in total. The van der Waals surface area contributed by atoms with Crippen LogP contribution in [0, 0.1) is 0 Å². The average Bonchev–Trinajstić information content (AvgIpc) is 2.30. The Kier molecular flexibility index (Phi) is 11.7. The maximum atomic E-state index is 9.10. The Morgan fingerprint density at radius 2 is 1.28 bits per heavy atom. The highest BCUT2D eigenvalue weighted by molar-refractivity contribution is 4.54. The van der Waals surface area contributed by atoms with E-state index in [1.165, 1.54) is 0 Å². The van der Waals surface area contributed by atoms with Gasteiger partial charge in [-0.1, -0.05) is 0 Å². The first-order chi connectivity index (χ1) is 8.56. The quantitative estimate of drug-likeness (QED) is 0.537. The van der Waals surface area contributed by atoms with Gasteiger partial charge in [-0.2, -0.15) is 0 Å². The number of aliphatic hydroxyl groups is 1. The molecule has 0 spiro atoms. The highest BCUT2D eigenvalue weighted by Gasteiger charge is 2.08. The normalized spacial score (nSPS) is 13.5. The number of rotatable bonds is 12. The fourth-order valence-corrected chi connectivity index (χ4v) is 1.21. The summed E-state index contributed by atoms with van der Waals surface area (Å²) in [5.41, 5.74) is 0. The zero-order valence-electron chi connectivity index (χ0n) is 12.1. The summed E-state index contributed by atoms with van der Waals surface area (Å²) >= 11 is 0. The molecule has 5 heteroatoms. The third-order valence-electron chi connectivity index (χ3n) is 2.07. The van der Waals surface area contributed by atoms with Crippen LogP contribution in [0.25, 0.3) is 0 Å². The van der Waals surface area contributed by atoms with Crippen LogP contribution in [0.2, 0.25) is 0 Å². The van der Waals surface area contributed by atoms with E-state index in [9.17, 15) is 0 Å². The summed E-state index contributed by atoms with van der Waals surface area (Å²) in [6, 6.07) is 0. The van der Waals surface area contributed by atoms with Gasteiger partial charge in [0.05, 0.1) is 51.8 Å². The Hall–Kier alpha value is -0.200. The largest absolute Gasteiger partial charge is 0.394 e. The van der Waals surface area contributed by atoms with Gasteiger partial charge >= 0.3 is 0 Å². The molecule has 0 aromatic rings. The van der Waals surface area contributed by atoms with Gasteiger partial charge in [-0.25, -0.2) is 0 Å². The Morgan fingerprint density at radius 3 is 1.78 bits per heavy atom. The standard InChI is InChI=1S/C13H28O5/c1-11(2)16-6-5-15-10-13(9-14)18-8-7-17-12(3)4/h11-14H,5-10H2,1-4H3. The lowest BCUT2D eigenvalue weighted by Gasteiger charge is -2.16. The SMILES string of the molecule is CC(C)OCCOCC(CO)OCCOC(C)C. The van der Waals surface area contributed by atoms with Crippen molar-refractivity contribution in [2.24, 2.45) is 0 Å². The van der Waals surface area contributed by atoms with E-state index in [0.29, 0.717) is 33.0 Å². The van der Waals surface area contributed by atoms with Gasteiger partial charge in [0, 0.05) is 0 Å². The third kappa shape index (κ3) is 12.3. The van der Waals surface area contributed by atoms with Crippen LogP contribution < -0.4 is 0 Å². The molecule has 1 N–H and O–H groups in total. The molecule has 0 radical (unpaired) electrons. The van der Waals surface area contributed by atoms with Gasteiger partial charge in [0.25, 0.3) is 0 Å². The molecule has 18 heavy (non-hydrogen) atoms. The second-order valence-electron chi connectivity index (χ2n) is 4.59. The van der Waals surface area contributed by atoms with Crippen molar-refractivity contribution in [1.82, 2.24) is 0 Å². The molecular weight excluding hydrogens is 236 g/mol. The van der Waals surface area contributed by atoms with Gasteiger partial charge in [-0.15, -0.1) is 0 Å². The van der Waals surface area contributed by atoms with Crippen molar-refractivity contribution in [3.8, 4) is 0 Å². The first kappa shape index (κ1) is 17.8. The van der Waals surface area contributed by atoms with Crippen molar-refractivity contribution < 1.29 is 24.1 Å². The van der Waals surface area contributed by atoms with Gasteiger partial charge in [-0.3, -0.25) is 0 Å². The number of aliphatic hydroxyl groups excluding tert-OH is 1.